The van der Waals surface area contributed by atoms with E-state index in [4.69, 9.17) is 9.88 Å². The minimum absolute atomic E-state index is 0.0251. The van der Waals surface area contributed by atoms with Gasteiger partial charge in [0.25, 0.3) is 0 Å². The van der Waals surface area contributed by atoms with Crippen LogP contribution in [0.25, 0.3) is 0 Å². The number of nitrogens with two attached hydrogens (primary N) is 1. The highest BCUT2D eigenvalue weighted by atomic mass is 79.9. The molecule has 8 heteroatoms. The van der Waals surface area contributed by atoms with E-state index in [1.54, 1.807) is 13.0 Å². The summed E-state index contributed by atoms with van der Waals surface area (Å²) >= 11 is 3.13. The van der Waals surface area contributed by atoms with Crippen molar-refractivity contribution < 1.29 is 22.3 Å². The molecule has 0 spiro atoms. The third kappa shape index (κ3) is 4.37. The number of rotatable bonds is 4. The number of halogens is 2. The molecule has 5 nitrogen and oxygen atoms in total. The van der Waals surface area contributed by atoms with Crippen LogP contribution in [-0.2, 0) is 21.4 Å². The normalized spacial score (nSPS) is 11.3. The topological polar surface area (TPSA) is 86.5 Å². The minimum Gasteiger partial charge on any atom is -0.457 e. The molecule has 0 radical (unpaired) electrons. The van der Waals surface area contributed by atoms with Crippen LogP contribution in [-0.4, -0.2) is 14.4 Å². The van der Waals surface area contributed by atoms with Crippen LogP contribution in [0, 0.1) is 12.7 Å². The minimum atomic E-state index is -3.94. The second-order valence-electron chi connectivity index (χ2n) is 4.84. The number of ether oxygens (including phenoxy) is 1. The molecule has 0 aromatic heterocycles. The maximum atomic E-state index is 13.7. The Hall–Kier alpha value is -1.77. The highest BCUT2D eigenvalue weighted by Crippen LogP contribution is 2.19. The summed E-state index contributed by atoms with van der Waals surface area (Å²) in [6, 6.07) is 8.38. The molecule has 2 N–H and O–H groups in total. The van der Waals surface area contributed by atoms with E-state index in [9.17, 15) is 17.6 Å². The number of carbonyl (C=O) groups is 1. The molecule has 0 atom stereocenters. The van der Waals surface area contributed by atoms with Gasteiger partial charge >= 0.3 is 5.97 Å². The zero-order valence-electron chi connectivity index (χ0n) is 12.0. The number of carbonyl (C=O) groups excluding carboxylic acids is 1. The van der Waals surface area contributed by atoms with E-state index < -0.39 is 21.8 Å². The molecular weight excluding hydrogens is 389 g/mol. The highest BCUT2D eigenvalue weighted by Gasteiger charge is 2.16. The Morgan fingerprint density at radius 2 is 1.96 bits per heavy atom. The summed E-state index contributed by atoms with van der Waals surface area (Å²) in [7, 11) is -3.94. The van der Waals surface area contributed by atoms with Crippen LogP contribution < -0.4 is 5.14 Å². The van der Waals surface area contributed by atoms with Crippen molar-refractivity contribution in [3.8, 4) is 0 Å². The molecule has 0 unspecified atom stereocenters. The van der Waals surface area contributed by atoms with Crippen molar-refractivity contribution in [3.05, 3.63) is 63.4 Å². The fraction of sp³-hybridized carbons (Fsp3) is 0.133. The number of hydrogen-bond donors (Lipinski definition) is 1. The van der Waals surface area contributed by atoms with Gasteiger partial charge in [0.15, 0.2) is 0 Å². The molecule has 2 rings (SSSR count). The monoisotopic (exact) mass is 401 g/mol. The summed E-state index contributed by atoms with van der Waals surface area (Å²) < 4.78 is 42.2. The molecule has 0 aliphatic heterocycles. The molecule has 23 heavy (non-hydrogen) atoms. The summed E-state index contributed by atoms with van der Waals surface area (Å²) in [5.74, 6) is -1.28. The molecule has 0 fully saturated rings. The van der Waals surface area contributed by atoms with Gasteiger partial charge in [-0.1, -0.05) is 28.1 Å². The Kier molecular flexibility index (Phi) is 5.18. The van der Waals surface area contributed by atoms with Crippen molar-refractivity contribution >= 4 is 31.9 Å². The SMILES string of the molecule is Cc1ccc(C(=O)OCc2ccc(Br)cc2F)cc1S(N)(=O)=O. The van der Waals surface area contributed by atoms with E-state index in [2.05, 4.69) is 15.9 Å². The van der Waals surface area contributed by atoms with Gasteiger partial charge in [0.2, 0.25) is 10.0 Å². The highest BCUT2D eigenvalue weighted by molar-refractivity contribution is 9.10. The zero-order valence-corrected chi connectivity index (χ0v) is 14.4. The summed E-state index contributed by atoms with van der Waals surface area (Å²) in [6.07, 6.45) is 0. The summed E-state index contributed by atoms with van der Waals surface area (Å²) in [4.78, 5) is 11.8. The van der Waals surface area contributed by atoms with Crippen LogP contribution in [0.4, 0.5) is 4.39 Å². The quantitative estimate of drug-likeness (QED) is 0.797. The molecule has 0 aliphatic rings. The number of aryl methyl sites for hydroxylation is 1. The summed E-state index contributed by atoms with van der Waals surface area (Å²) in [5, 5.41) is 5.09. The van der Waals surface area contributed by atoms with Gasteiger partial charge < -0.3 is 4.74 Å². The summed E-state index contributed by atoms with van der Waals surface area (Å²) in [5.41, 5.74) is 0.653. The van der Waals surface area contributed by atoms with Gasteiger partial charge in [-0.25, -0.2) is 22.7 Å². The molecule has 0 saturated carbocycles. The molecule has 2 aromatic carbocycles. The van der Waals surface area contributed by atoms with Gasteiger partial charge in [0.05, 0.1) is 10.5 Å². The second-order valence-corrected chi connectivity index (χ2v) is 7.28. The first-order chi connectivity index (χ1) is 10.7. The lowest BCUT2D eigenvalue weighted by Gasteiger charge is -2.08. The predicted octanol–water partition coefficient (Wildman–Crippen LogP) is 2.90. The predicted molar refractivity (Wildman–Crippen MR) is 85.8 cm³/mol. The van der Waals surface area contributed by atoms with Crippen LogP contribution in [0.15, 0.2) is 45.8 Å². The van der Waals surface area contributed by atoms with E-state index in [1.165, 1.54) is 24.3 Å². The van der Waals surface area contributed by atoms with Crippen LogP contribution in [0.3, 0.4) is 0 Å². The molecule has 0 bridgehead atoms. The molecule has 0 heterocycles. The zero-order chi connectivity index (χ0) is 17.2. The lowest BCUT2D eigenvalue weighted by molar-refractivity contribution is 0.0468. The summed E-state index contributed by atoms with van der Waals surface area (Å²) in [6.45, 7) is 1.29. The van der Waals surface area contributed by atoms with E-state index in [0.717, 1.165) is 6.07 Å². The van der Waals surface area contributed by atoms with E-state index >= 15 is 0 Å². The average molecular weight is 402 g/mol. The third-order valence-corrected chi connectivity index (χ3v) is 4.65. The molecular formula is C15H13BrFNO4S. The number of benzene rings is 2. The van der Waals surface area contributed by atoms with Crippen molar-refractivity contribution in [1.82, 2.24) is 0 Å². The van der Waals surface area contributed by atoms with Gasteiger partial charge in [0.1, 0.15) is 12.4 Å². The van der Waals surface area contributed by atoms with Crippen molar-refractivity contribution in [2.45, 2.75) is 18.4 Å². The number of hydrogen-bond acceptors (Lipinski definition) is 4. The Balaban J connectivity index is 2.18. The first-order valence-corrected chi connectivity index (χ1v) is 8.77. The first-order valence-electron chi connectivity index (χ1n) is 6.43. The van der Waals surface area contributed by atoms with Crippen molar-refractivity contribution in [2.24, 2.45) is 5.14 Å². The Morgan fingerprint density at radius 1 is 1.26 bits per heavy atom. The van der Waals surface area contributed by atoms with Crippen LogP contribution in [0.2, 0.25) is 0 Å². The van der Waals surface area contributed by atoms with Gasteiger partial charge in [0, 0.05) is 10.0 Å². The lowest BCUT2D eigenvalue weighted by Crippen LogP contribution is -2.15. The first kappa shape index (κ1) is 17.6. The molecule has 122 valence electrons. The van der Waals surface area contributed by atoms with Crippen molar-refractivity contribution in [1.29, 1.82) is 0 Å². The smallest absolute Gasteiger partial charge is 0.338 e. The molecule has 2 aromatic rings. The van der Waals surface area contributed by atoms with E-state index in [1.807, 2.05) is 0 Å². The third-order valence-electron chi connectivity index (χ3n) is 3.10. The lowest BCUT2D eigenvalue weighted by atomic mass is 10.1. The Labute approximate surface area is 141 Å². The van der Waals surface area contributed by atoms with Gasteiger partial charge in [-0.05, 0) is 36.8 Å². The maximum Gasteiger partial charge on any atom is 0.338 e. The van der Waals surface area contributed by atoms with Crippen molar-refractivity contribution in [2.75, 3.05) is 0 Å². The Bertz CT molecular complexity index is 868. The maximum absolute atomic E-state index is 13.7. The Morgan fingerprint density at radius 3 is 2.57 bits per heavy atom. The molecule has 0 amide bonds. The van der Waals surface area contributed by atoms with E-state index in [0.29, 0.717) is 10.0 Å². The van der Waals surface area contributed by atoms with Crippen LogP contribution in [0.5, 0.6) is 0 Å². The van der Waals surface area contributed by atoms with Gasteiger partial charge in [-0.2, -0.15) is 0 Å². The number of sulfonamides is 1. The average Bonchev–Trinajstić information content (AvgIpc) is 2.45. The van der Waals surface area contributed by atoms with Crippen LogP contribution >= 0.6 is 15.9 Å². The number of esters is 1. The fourth-order valence-electron chi connectivity index (χ4n) is 1.90. The van der Waals surface area contributed by atoms with Gasteiger partial charge in [-0.3, -0.25) is 0 Å². The fourth-order valence-corrected chi connectivity index (χ4v) is 3.04. The standard InChI is InChI=1S/C15H13BrFNO4S/c1-9-2-3-10(6-14(9)23(18,20)21)15(19)22-8-11-4-5-12(16)7-13(11)17/h2-7H,8H2,1H3,(H2,18,20,21). The van der Waals surface area contributed by atoms with Crippen molar-refractivity contribution in [3.63, 3.8) is 0 Å². The van der Waals surface area contributed by atoms with E-state index in [-0.39, 0.29) is 22.6 Å². The molecule has 0 aliphatic carbocycles. The largest absolute Gasteiger partial charge is 0.457 e. The number of primary sulfonamides is 1. The van der Waals surface area contributed by atoms with Crippen LogP contribution in [0.1, 0.15) is 21.5 Å². The molecule has 0 saturated heterocycles. The second kappa shape index (κ2) is 6.77. The van der Waals surface area contributed by atoms with Gasteiger partial charge in [-0.15, -0.1) is 0 Å².